The fourth-order valence-corrected chi connectivity index (χ4v) is 3.20. The van der Waals surface area contributed by atoms with Crippen LogP contribution in [0.5, 0.6) is 0 Å². The van der Waals surface area contributed by atoms with Crippen molar-refractivity contribution >= 4 is 5.91 Å². The third kappa shape index (κ3) is 3.48. The molecule has 0 radical (unpaired) electrons. The van der Waals surface area contributed by atoms with Crippen LogP contribution in [0.2, 0.25) is 0 Å². The van der Waals surface area contributed by atoms with E-state index in [1.807, 2.05) is 11.1 Å². The Balaban J connectivity index is 1.61. The van der Waals surface area contributed by atoms with Gasteiger partial charge in [-0.3, -0.25) is 14.6 Å². The lowest BCUT2D eigenvalue weighted by Crippen LogP contribution is -2.53. The van der Waals surface area contributed by atoms with E-state index in [0.29, 0.717) is 13.1 Å². The van der Waals surface area contributed by atoms with Gasteiger partial charge in [-0.2, -0.15) is 0 Å². The van der Waals surface area contributed by atoms with Crippen molar-refractivity contribution < 1.29 is 9.53 Å². The summed E-state index contributed by atoms with van der Waals surface area (Å²) in [5.41, 5.74) is 0. The van der Waals surface area contributed by atoms with E-state index in [0.717, 1.165) is 51.8 Å². The van der Waals surface area contributed by atoms with Crippen molar-refractivity contribution in [3.8, 4) is 0 Å². The zero-order valence-corrected chi connectivity index (χ0v) is 13.2. The fraction of sp³-hybridized carbons (Fsp3) is 0.733. The van der Waals surface area contributed by atoms with Crippen molar-refractivity contribution in [2.24, 2.45) is 0 Å². The zero-order valence-electron chi connectivity index (χ0n) is 13.2. The number of likely N-dealkylation sites (N-methyl/N-ethyl adjacent to an activating group) is 1. The van der Waals surface area contributed by atoms with Gasteiger partial charge in [-0.05, 0) is 6.54 Å². The molecule has 22 heavy (non-hydrogen) atoms. The zero-order chi connectivity index (χ0) is 15.4. The van der Waals surface area contributed by atoms with Gasteiger partial charge in [0.25, 0.3) is 0 Å². The molecule has 2 fully saturated rings. The molecule has 0 saturated carbocycles. The SMILES string of the molecule is CCN1CCN(C(=O)CN2CCOCC2)CC1c1ncc[nH]1. The number of piperazine rings is 1. The molecule has 7 nitrogen and oxygen atoms in total. The lowest BCUT2D eigenvalue weighted by molar-refractivity contribution is -0.136. The molecule has 122 valence electrons. The molecule has 3 heterocycles. The number of imidazole rings is 1. The summed E-state index contributed by atoms with van der Waals surface area (Å²) in [5.74, 6) is 1.17. The van der Waals surface area contributed by atoms with E-state index in [9.17, 15) is 4.79 Å². The number of morpholine rings is 1. The Bertz CT molecular complexity index is 472. The van der Waals surface area contributed by atoms with Gasteiger partial charge in [-0.1, -0.05) is 6.92 Å². The normalized spacial score (nSPS) is 24.6. The van der Waals surface area contributed by atoms with Crippen LogP contribution in [0.3, 0.4) is 0 Å². The Hall–Kier alpha value is -1.44. The summed E-state index contributed by atoms with van der Waals surface area (Å²) in [6.45, 7) is 9.19. The summed E-state index contributed by atoms with van der Waals surface area (Å²) in [4.78, 5) is 26.7. The number of nitrogens with one attached hydrogen (secondary N) is 1. The van der Waals surface area contributed by atoms with Crippen molar-refractivity contribution in [2.45, 2.75) is 13.0 Å². The first-order chi connectivity index (χ1) is 10.8. The van der Waals surface area contributed by atoms with Crippen LogP contribution in [-0.2, 0) is 9.53 Å². The Kier molecular flexibility index (Phi) is 5.07. The average molecular weight is 307 g/mol. The highest BCUT2D eigenvalue weighted by atomic mass is 16.5. The van der Waals surface area contributed by atoms with Crippen LogP contribution in [0.25, 0.3) is 0 Å². The predicted molar refractivity (Wildman–Crippen MR) is 82.4 cm³/mol. The summed E-state index contributed by atoms with van der Waals surface area (Å²) in [7, 11) is 0. The van der Waals surface area contributed by atoms with Gasteiger partial charge in [0.2, 0.25) is 5.91 Å². The van der Waals surface area contributed by atoms with E-state index in [1.54, 1.807) is 6.20 Å². The number of amides is 1. The van der Waals surface area contributed by atoms with Gasteiger partial charge in [-0.15, -0.1) is 0 Å². The van der Waals surface area contributed by atoms with E-state index in [-0.39, 0.29) is 11.9 Å². The van der Waals surface area contributed by atoms with Gasteiger partial charge < -0.3 is 14.6 Å². The first-order valence-electron chi connectivity index (χ1n) is 8.09. The second-order valence-electron chi connectivity index (χ2n) is 5.85. The summed E-state index contributed by atoms with van der Waals surface area (Å²) in [5, 5.41) is 0. The van der Waals surface area contributed by atoms with Crippen LogP contribution >= 0.6 is 0 Å². The summed E-state index contributed by atoms with van der Waals surface area (Å²) < 4.78 is 5.34. The molecule has 0 spiro atoms. The third-order valence-electron chi connectivity index (χ3n) is 4.55. The lowest BCUT2D eigenvalue weighted by atomic mass is 10.1. The number of ether oxygens (including phenoxy) is 1. The number of hydrogen-bond donors (Lipinski definition) is 1. The van der Waals surface area contributed by atoms with Gasteiger partial charge >= 0.3 is 0 Å². The fourth-order valence-electron chi connectivity index (χ4n) is 3.20. The van der Waals surface area contributed by atoms with Gasteiger partial charge in [0.1, 0.15) is 5.82 Å². The van der Waals surface area contributed by atoms with Crippen molar-refractivity contribution in [1.82, 2.24) is 24.7 Å². The van der Waals surface area contributed by atoms with Crippen molar-refractivity contribution in [3.63, 3.8) is 0 Å². The number of hydrogen-bond acceptors (Lipinski definition) is 5. The maximum atomic E-state index is 12.6. The summed E-state index contributed by atoms with van der Waals surface area (Å²) in [6.07, 6.45) is 3.62. The molecule has 0 bridgehead atoms. The minimum Gasteiger partial charge on any atom is -0.379 e. The highest BCUT2D eigenvalue weighted by Gasteiger charge is 2.31. The number of carbonyl (C=O) groups excluding carboxylic acids is 1. The highest BCUT2D eigenvalue weighted by Crippen LogP contribution is 2.22. The second kappa shape index (κ2) is 7.21. The summed E-state index contributed by atoms with van der Waals surface area (Å²) >= 11 is 0. The topological polar surface area (TPSA) is 64.7 Å². The molecule has 2 aliphatic rings. The molecule has 7 heteroatoms. The molecule has 0 aliphatic carbocycles. The molecule has 1 aromatic rings. The number of H-pyrrole nitrogens is 1. The summed E-state index contributed by atoms with van der Waals surface area (Å²) in [6, 6.07) is 0.169. The number of nitrogens with zero attached hydrogens (tertiary/aromatic N) is 4. The van der Waals surface area contributed by atoms with Gasteiger partial charge in [0.15, 0.2) is 0 Å². The number of aromatic nitrogens is 2. The van der Waals surface area contributed by atoms with Crippen LogP contribution in [0.1, 0.15) is 18.8 Å². The Morgan fingerprint density at radius 2 is 2.18 bits per heavy atom. The monoisotopic (exact) mass is 307 g/mol. The largest absolute Gasteiger partial charge is 0.379 e. The van der Waals surface area contributed by atoms with Crippen molar-refractivity contribution in [2.75, 3.05) is 59.0 Å². The molecule has 1 atom stereocenters. The van der Waals surface area contributed by atoms with Gasteiger partial charge in [-0.25, -0.2) is 4.98 Å². The van der Waals surface area contributed by atoms with E-state index in [2.05, 4.69) is 26.7 Å². The molecule has 1 aromatic heterocycles. The van der Waals surface area contributed by atoms with E-state index >= 15 is 0 Å². The van der Waals surface area contributed by atoms with Crippen LogP contribution in [0.15, 0.2) is 12.4 Å². The van der Waals surface area contributed by atoms with Crippen LogP contribution in [-0.4, -0.2) is 89.6 Å². The Morgan fingerprint density at radius 1 is 1.36 bits per heavy atom. The van der Waals surface area contributed by atoms with Crippen LogP contribution in [0.4, 0.5) is 0 Å². The maximum absolute atomic E-state index is 12.6. The molecule has 2 saturated heterocycles. The average Bonchev–Trinajstić information content (AvgIpc) is 3.09. The highest BCUT2D eigenvalue weighted by molar-refractivity contribution is 5.78. The van der Waals surface area contributed by atoms with E-state index in [4.69, 9.17) is 4.74 Å². The number of aromatic amines is 1. The van der Waals surface area contributed by atoms with Crippen molar-refractivity contribution in [3.05, 3.63) is 18.2 Å². The Labute approximate surface area is 131 Å². The second-order valence-corrected chi connectivity index (χ2v) is 5.85. The third-order valence-corrected chi connectivity index (χ3v) is 4.55. The minimum absolute atomic E-state index is 0.169. The molecular weight excluding hydrogens is 282 g/mol. The molecule has 1 N–H and O–H groups in total. The molecule has 1 amide bonds. The van der Waals surface area contributed by atoms with E-state index < -0.39 is 0 Å². The number of rotatable bonds is 4. The molecule has 0 aromatic carbocycles. The van der Waals surface area contributed by atoms with Gasteiger partial charge in [0, 0.05) is 45.1 Å². The molecule has 1 unspecified atom stereocenters. The first kappa shape index (κ1) is 15.5. The maximum Gasteiger partial charge on any atom is 0.236 e. The number of carbonyl (C=O) groups is 1. The van der Waals surface area contributed by atoms with Crippen LogP contribution in [0, 0.1) is 0 Å². The van der Waals surface area contributed by atoms with Crippen molar-refractivity contribution in [1.29, 1.82) is 0 Å². The quantitative estimate of drug-likeness (QED) is 0.845. The minimum atomic E-state index is 0.169. The molecular formula is C15H25N5O2. The lowest BCUT2D eigenvalue weighted by Gasteiger charge is -2.40. The standard InChI is InChI=1S/C15H25N5O2/c1-2-19-5-6-20(11-13(19)15-16-3-4-17-15)14(21)12-18-7-9-22-10-8-18/h3-4,13H,2,5-12H2,1H3,(H,16,17). The Morgan fingerprint density at radius 3 is 2.86 bits per heavy atom. The van der Waals surface area contributed by atoms with Gasteiger partial charge in [0.05, 0.1) is 25.8 Å². The smallest absolute Gasteiger partial charge is 0.236 e. The molecule has 2 aliphatic heterocycles. The van der Waals surface area contributed by atoms with E-state index in [1.165, 1.54) is 0 Å². The predicted octanol–water partition coefficient (Wildman–Crippen LogP) is -0.0529. The molecule has 3 rings (SSSR count). The van der Waals surface area contributed by atoms with Crippen LogP contribution < -0.4 is 0 Å². The first-order valence-corrected chi connectivity index (χ1v) is 8.09.